The quantitative estimate of drug-likeness (QED) is 0.872. The van der Waals surface area contributed by atoms with E-state index >= 15 is 0 Å². The van der Waals surface area contributed by atoms with E-state index in [1.807, 2.05) is 7.05 Å². The van der Waals surface area contributed by atoms with Crippen molar-refractivity contribution in [3.05, 3.63) is 23.8 Å². The van der Waals surface area contributed by atoms with Crippen LogP contribution in [0, 0.1) is 6.92 Å². The van der Waals surface area contributed by atoms with Crippen molar-refractivity contribution >= 4 is 5.91 Å². The Morgan fingerprint density at radius 2 is 2.33 bits per heavy atom. The van der Waals surface area contributed by atoms with Gasteiger partial charge in [0.15, 0.2) is 5.69 Å². The largest absolute Gasteiger partial charge is 0.440 e. The Morgan fingerprint density at radius 1 is 1.50 bits per heavy atom. The predicted molar refractivity (Wildman–Crippen MR) is 87.6 cm³/mol. The number of rotatable bonds is 5. The maximum absolute atomic E-state index is 12.3. The van der Waals surface area contributed by atoms with E-state index in [1.54, 1.807) is 24.0 Å². The molecule has 1 aliphatic heterocycles. The number of carbonyl (C=O) groups excluding carboxylic acids is 1. The van der Waals surface area contributed by atoms with Crippen LogP contribution in [0.15, 0.2) is 16.8 Å². The van der Waals surface area contributed by atoms with Gasteiger partial charge >= 0.3 is 0 Å². The molecule has 1 atom stereocenters. The second kappa shape index (κ2) is 7.14. The van der Waals surface area contributed by atoms with Crippen LogP contribution in [0.2, 0.25) is 0 Å². The number of hydrogen-bond acceptors (Lipinski definition) is 6. The lowest BCUT2D eigenvalue weighted by Gasteiger charge is -2.33. The first-order valence-electron chi connectivity index (χ1n) is 8.11. The van der Waals surface area contributed by atoms with Gasteiger partial charge in [-0.05, 0) is 13.8 Å². The molecule has 8 heteroatoms. The fourth-order valence-corrected chi connectivity index (χ4v) is 2.75. The smallest absolute Gasteiger partial charge is 0.273 e. The molecule has 0 bridgehead atoms. The SMILES string of the molecule is Cc1oc(-c2cnn(C)c2)nc1C(=O)NCCN1CCOCC1C. The van der Waals surface area contributed by atoms with Gasteiger partial charge in [-0.2, -0.15) is 5.10 Å². The zero-order valence-corrected chi connectivity index (χ0v) is 14.3. The van der Waals surface area contributed by atoms with E-state index < -0.39 is 0 Å². The highest BCUT2D eigenvalue weighted by atomic mass is 16.5. The summed E-state index contributed by atoms with van der Waals surface area (Å²) in [4.78, 5) is 19.0. The van der Waals surface area contributed by atoms with E-state index in [4.69, 9.17) is 9.15 Å². The molecule has 3 heterocycles. The molecule has 1 fully saturated rings. The average molecular weight is 333 g/mol. The highest BCUT2D eigenvalue weighted by Gasteiger charge is 2.21. The van der Waals surface area contributed by atoms with Gasteiger partial charge in [0, 0.05) is 38.9 Å². The Morgan fingerprint density at radius 3 is 3.04 bits per heavy atom. The third kappa shape index (κ3) is 3.65. The summed E-state index contributed by atoms with van der Waals surface area (Å²) in [5.74, 6) is 0.700. The fourth-order valence-electron chi connectivity index (χ4n) is 2.75. The first-order valence-corrected chi connectivity index (χ1v) is 8.11. The summed E-state index contributed by atoms with van der Waals surface area (Å²) in [6, 6.07) is 0.377. The summed E-state index contributed by atoms with van der Waals surface area (Å²) >= 11 is 0. The summed E-state index contributed by atoms with van der Waals surface area (Å²) in [6.45, 7) is 7.61. The first kappa shape index (κ1) is 16.7. The Bertz CT molecular complexity index is 708. The van der Waals surface area contributed by atoms with Crippen LogP contribution in [-0.4, -0.2) is 64.5 Å². The van der Waals surface area contributed by atoms with Crippen molar-refractivity contribution in [1.82, 2.24) is 25.0 Å². The molecule has 130 valence electrons. The van der Waals surface area contributed by atoms with Gasteiger partial charge in [-0.25, -0.2) is 4.98 Å². The Labute approximate surface area is 140 Å². The number of amides is 1. The molecule has 0 spiro atoms. The number of carbonyl (C=O) groups is 1. The molecular weight excluding hydrogens is 310 g/mol. The molecule has 1 N–H and O–H groups in total. The first-order chi connectivity index (χ1) is 11.5. The second-order valence-corrected chi connectivity index (χ2v) is 6.04. The molecule has 8 nitrogen and oxygen atoms in total. The molecule has 0 saturated carbocycles. The molecule has 1 unspecified atom stereocenters. The standard InChI is InChI=1S/C16H23N5O3/c1-11-10-23-7-6-21(11)5-4-17-15(22)14-12(2)24-16(19-14)13-8-18-20(3)9-13/h8-9,11H,4-7,10H2,1-3H3,(H,17,22). The third-order valence-corrected chi connectivity index (χ3v) is 4.15. The van der Waals surface area contributed by atoms with Gasteiger partial charge in [0.1, 0.15) is 5.76 Å². The van der Waals surface area contributed by atoms with E-state index in [1.165, 1.54) is 0 Å². The Kier molecular flexibility index (Phi) is 4.96. The molecule has 1 amide bonds. The molecule has 3 rings (SSSR count). The molecule has 1 aliphatic rings. The molecule has 1 saturated heterocycles. The monoisotopic (exact) mass is 333 g/mol. The van der Waals surface area contributed by atoms with Crippen LogP contribution >= 0.6 is 0 Å². The van der Waals surface area contributed by atoms with Crippen LogP contribution in [-0.2, 0) is 11.8 Å². The molecule has 24 heavy (non-hydrogen) atoms. The molecular formula is C16H23N5O3. The number of aryl methyl sites for hydroxylation is 2. The van der Waals surface area contributed by atoms with Gasteiger partial charge in [-0.1, -0.05) is 0 Å². The van der Waals surface area contributed by atoms with Crippen molar-refractivity contribution in [2.75, 3.05) is 32.8 Å². The lowest BCUT2D eigenvalue weighted by Crippen LogP contribution is -2.46. The maximum Gasteiger partial charge on any atom is 0.273 e. The van der Waals surface area contributed by atoms with Gasteiger partial charge in [0.25, 0.3) is 5.91 Å². The van der Waals surface area contributed by atoms with Gasteiger partial charge < -0.3 is 14.5 Å². The van der Waals surface area contributed by atoms with Crippen molar-refractivity contribution < 1.29 is 13.9 Å². The number of aromatic nitrogens is 3. The van der Waals surface area contributed by atoms with Crippen molar-refractivity contribution in [1.29, 1.82) is 0 Å². The number of ether oxygens (including phenoxy) is 1. The third-order valence-electron chi connectivity index (χ3n) is 4.15. The van der Waals surface area contributed by atoms with Crippen LogP contribution in [0.1, 0.15) is 23.2 Å². The zero-order chi connectivity index (χ0) is 17.1. The van der Waals surface area contributed by atoms with Gasteiger partial charge in [0.05, 0.1) is 25.0 Å². The van der Waals surface area contributed by atoms with E-state index in [0.717, 1.165) is 31.9 Å². The second-order valence-electron chi connectivity index (χ2n) is 6.04. The van der Waals surface area contributed by atoms with Crippen molar-refractivity contribution in [3.63, 3.8) is 0 Å². The Hall–Kier alpha value is -2.19. The number of nitrogens with one attached hydrogen (secondary N) is 1. The lowest BCUT2D eigenvalue weighted by atomic mass is 10.2. The summed E-state index contributed by atoms with van der Waals surface area (Å²) in [5.41, 5.74) is 1.07. The van der Waals surface area contributed by atoms with E-state index in [9.17, 15) is 4.79 Å². The van der Waals surface area contributed by atoms with Crippen LogP contribution in [0.25, 0.3) is 11.5 Å². The van der Waals surface area contributed by atoms with Crippen molar-refractivity contribution in [2.45, 2.75) is 19.9 Å². The average Bonchev–Trinajstić information content (AvgIpc) is 3.15. The Balaban J connectivity index is 1.58. The minimum atomic E-state index is -0.215. The molecule has 2 aromatic heterocycles. The summed E-state index contributed by atoms with van der Waals surface area (Å²) < 4.78 is 12.7. The highest BCUT2D eigenvalue weighted by molar-refractivity contribution is 5.93. The van der Waals surface area contributed by atoms with Crippen LogP contribution in [0.5, 0.6) is 0 Å². The molecule has 0 radical (unpaired) electrons. The fraction of sp³-hybridized carbons (Fsp3) is 0.562. The maximum atomic E-state index is 12.3. The number of morpholine rings is 1. The minimum absolute atomic E-state index is 0.215. The normalized spacial score (nSPS) is 18.7. The minimum Gasteiger partial charge on any atom is -0.440 e. The van der Waals surface area contributed by atoms with Crippen LogP contribution < -0.4 is 5.32 Å². The predicted octanol–water partition coefficient (Wildman–Crippen LogP) is 0.834. The van der Waals surface area contributed by atoms with Gasteiger partial charge in [0.2, 0.25) is 5.89 Å². The van der Waals surface area contributed by atoms with E-state index in [0.29, 0.717) is 29.9 Å². The van der Waals surface area contributed by atoms with Crippen molar-refractivity contribution in [3.8, 4) is 11.5 Å². The van der Waals surface area contributed by atoms with E-state index in [2.05, 4.69) is 27.2 Å². The highest BCUT2D eigenvalue weighted by Crippen LogP contribution is 2.20. The van der Waals surface area contributed by atoms with Gasteiger partial charge in [-0.15, -0.1) is 0 Å². The summed E-state index contributed by atoms with van der Waals surface area (Å²) in [6.07, 6.45) is 3.46. The summed E-state index contributed by atoms with van der Waals surface area (Å²) in [7, 11) is 1.82. The molecule has 0 aliphatic carbocycles. The molecule has 0 aromatic carbocycles. The topological polar surface area (TPSA) is 85.4 Å². The van der Waals surface area contributed by atoms with Gasteiger partial charge in [-0.3, -0.25) is 14.4 Å². The number of hydrogen-bond donors (Lipinski definition) is 1. The lowest BCUT2D eigenvalue weighted by molar-refractivity contribution is 0.000534. The van der Waals surface area contributed by atoms with Crippen LogP contribution in [0.4, 0.5) is 0 Å². The number of nitrogens with zero attached hydrogens (tertiary/aromatic N) is 4. The van der Waals surface area contributed by atoms with Crippen molar-refractivity contribution in [2.24, 2.45) is 7.05 Å². The molecule has 2 aromatic rings. The summed E-state index contributed by atoms with van der Waals surface area (Å²) in [5, 5.41) is 7.00. The number of oxazole rings is 1. The zero-order valence-electron chi connectivity index (χ0n) is 14.3. The van der Waals surface area contributed by atoms with E-state index in [-0.39, 0.29) is 5.91 Å². The van der Waals surface area contributed by atoms with Crippen LogP contribution in [0.3, 0.4) is 0 Å².